The predicted molar refractivity (Wildman–Crippen MR) is 88.3 cm³/mol. The van der Waals surface area contributed by atoms with Crippen LogP contribution in [0.4, 0.5) is 0 Å². The Kier molecular flexibility index (Phi) is 4.39. The summed E-state index contributed by atoms with van der Waals surface area (Å²) in [6.07, 6.45) is 9.68. The standard InChI is InChI=1S/C18H24N4O/c1-2-15(3-1)16-12-21(10-11-23-14-16)13-18-6-9-20-22(18)17-4-7-19-8-5-17/h4-9,15-16H,1-3,10-14H2. The van der Waals surface area contributed by atoms with E-state index in [4.69, 9.17) is 4.74 Å². The molecule has 0 spiro atoms. The van der Waals surface area contributed by atoms with Crippen LogP contribution in [0.25, 0.3) is 5.69 Å². The van der Waals surface area contributed by atoms with Gasteiger partial charge in [-0.05, 0) is 30.0 Å². The van der Waals surface area contributed by atoms with E-state index >= 15 is 0 Å². The van der Waals surface area contributed by atoms with Crippen LogP contribution in [-0.2, 0) is 11.3 Å². The average molecular weight is 312 g/mol. The van der Waals surface area contributed by atoms with Gasteiger partial charge in [0, 0.05) is 38.2 Å². The number of aromatic nitrogens is 3. The van der Waals surface area contributed by atoms with Gasteiger partial charge in [0.15, 0.2) is 0 Å². The molecule has 1 unspecified atom stereocenters. The molecule has 0 amide bonds. The van der Waals surface area contributed by atoms with E-state index in [0.717, 1.165) is 44.5 Å². The third-order valence-corrected chi connectivity index (χ3v) is 5.21. The summed E-state index contributed by atoms with van der Waals surface area (Å²) < 4.78 is 7.88. The molecular formula is C18H24N4O. The highest BCUT2D eigenvalue weighted by atomic mass is 16.5. The molecule has 5 nitrogen and oxygen atoms in total. The van der Waals surface area contributed by atoms with Gasteiger partial charge in [0.2, 0.25) is 0 Å². The Morgan fingerprint density at radius 2 is 1.96 bits per heavy atom. The molecule has 0 aromatic carbocycles. The highest BCUT2D eigenvalue weighted by molar-refractivity contribution is 5.30. The molecule has 122 valence electrons. The summed E-state index contributed by atoms with van der Waals surface area (Å²) >= 11 is 0. The van der Waals surface area contributed by atoms with Crippen molar-refractivity contribution < 1.29 is 4.74 Å². The van der Waals surface area contributed by atoms with Crippen molar-refractivity contribution in [3.8, 4) is 5.69 Å². The second kappa shape index (κ2) is 6.81. The van der Waals surface area contributed by atoms with Crippen molar-refractivity contribution in [1.82, 2.24) is 19.7 Å². The normalized spacial score (nSPS) is 23.4. The van der Waals surface area contributed by atoms with Crippen molar-refractivity contribution in [2.24, 2.45) is 11.8 Å². The maximum absolute atomic E-state index is 5.86. The van der Waals surface area contributed by atoms with Crippen molar-refractivity contribution in [1.29, 1.82) is 0 Å². The van der Waals surface area contributed by atoms with Crippen LogP contribution >= 0.6 is 0 Å². The zero-order valence-corrected chi connectivity index (χ0v) is 13.5. The molecule has 1 aliphatic heterocycles. The monoisotopic (exact) mass is 312 g/mol. The van der Waals surface area contributed by atoms with Gasteiger partial charge in [0.25, 0.3) is 0 Å². The maximum atomic E-state index is 5.86. The molecule has 1 aliphatic carbocycles. The molecule has 0 N–H and O–H groups in total. The Morgan fingerprint density at radius 3 is 2.74 bits per heavy atom. The Labute approximate surface area is 137 Å². The second-order valence-corrected chi connectivity index (χ2v) is 6.70. The molecule has 0 bridgehead atoms. The lowest BCUT2D eigenvalue weighted by atomic mass is 9.76. The third-order valence-electron chi connectivity index (χ3n) is 5.21. The van der Waals surface area contributed by atoms with Crippen molar-refractivity contribution in [3.05, 3.63) is 42.5 Å². The number of rotatable bonds is 4. The van der Waals surface area contributed by atoms with Crippen LogP contribution in [0.5, 0.6) is 0 Å². The van der Waals surface area contributed by atoms with Crippen LogP contribution in [-0.4, -0.2) is 46.0 Å². The summed E-state index contributed by atoms with van der Waals surface area (Å²) in [7, 11) is 0. The minimum atomic E-state index is 0.698. The fourth-order valence-electron chi connectivity index (χ4n) is 3.64. The molecule has 5 heteroatoms. The Morgan fingerprint density at radius 1 is 1.09 bits per heavy atom. The fraction of sp³-hybridized carbons (Fsp3) is 0.556. The first-order valence-electron chi connectivity index (χ1n) is 8.63. The summed E-state index contributed by atoms with van der Waals surface area (Å²) in [6.45, 7) is 4.85. The highest BCUT2D eigenvalue weighted by Crippen LogP contribution is 2.35. The van der Waals surface area contributed by atoms with Crippen LogP contribution in [0.2, 0.25) is 0 Å². The van der Waals surface area contributed by atoms with E-state index in [1.165, 1.54) is 25.0 Å². The van der Waals surface area contributed by atoms with Gasteiger partial charge in [-0.1, -0.05) is 19.3 Å². The quantitative estimate of drug-likeness (QED) is 0.870. The molecule has 23 heavy (non-hydrogen) atoms. The first kappa shape index (κ1) is 14.8. The van der Waals surface area contributed by atoms with Crippen molar-refractivity contribution in [2.75, 3.05) is 26.3 Å². The smallest absolute Gasteiger partial charge is 0.0679 e. The minimum Gasteiger partial charge on any atom is -0.380 e. The average Bonchev–Trinajstić information content (AvgIpc) is 2.86. The summed E-state index contributed by atoms with van der Waals surface area (Å²) in [5.74, 6) is 1.57. The lowest BCUT2D eigenvalue weighted by Crippen LogP contribution is -2.35. The van der Waals surface area contributed by atoms with Crippen LogP contribution in [0, 0.1) is 11.8 Å². The summed E-state index contributed by atoms with van der Waals surface area (Å²) in [6, 6.07) is 6.11. The summed E-state index contributed by atoms with van der Waals surface area (Å²) in [5, 5.41) is 4.49. The SMILES string of the molecule is c1cc(-n2nccc2CN2CCOCC(C3CCC3)C2)ccn1. The van der Waals surface area contributed by atoms with E-state index in [0.29, 0.717) is 5.92 Å². The largest absolute Gasteiger partial charge is 0.380 e. The molecule has 1 saturated carbocycles. The van der Waals surface area contributed by atoms with E-state index < -0.39 is 0 Å². The van der Waals surface area contributed by atoms with Gasteiger partial charge in [-0.3, -0.25) is 9.88 Å². The molecule has 2 aromatic heterocycles. The van der Waals surface area contributed by atoms with Crippen molar-refractivity contribution in [2.45, 2.75) is 25.8 Å². The zero-order valence-electron chi connectivity index (χ0n) is 13.5. The van der Waals surface area contributed by atoms with Gasteiger partial charge in [0.1, 0.15) is 0 Å². The van der Waals surface area contributed by atoms with Crippen molar-refractivity contribution in [3.63, 3.8) is 0 Å². The molecule has 2 aliphatic rings. The maximum Gasteiger partial charge on any atom is 0.0679 e. The molecule has 0 radical (unpaired) electrons. The van der Waals surface area contributed by atoms with Crippen LogP contribution in [0.1, 0.15) is 25.0 Å². The molecule has 1 atom stereocenters. The van der Waals surface area contributed by atoms with Gasteiger partial charge < -0.3 is 4.74 Å². The summed E-state index contributed by atoms with van der Waals surface area (Å²) in [4.78, 5) is 6.62. The predicted octanol–water partition coefficient (Wildman–Crippen LogP) is 2.52. The zero-order chi connectivity index (χ0) is 15.5. The van der Waals surface area contributed by atoms with Crippen LogP contribution in [0.15, 0.2) is 36.8 Å². The van der Waals surface area contributed by atoms with E-state index in [9.17, 15) is 0 Å². The van der Waals surface area contributed by atoms with Gasteiger partial charge in [-0.2, -0.15) is 5.10 Å². The highest BCUT2D eigenvalue weighted by Gasteiger charge is 2.30. The molecule has 1 saturated heterocycles. The van der Waals surface area contributed by atoms with Gasteiger partial charge in [-0.25, -0.2) is 4.68 Å². The lowest BCUT2D eigenvalue weighted by molar-refractivity contribution is 0.0769. The minimum absolute atomic E-state index is 0.698. The van der Waals surface area contributed by atoms with Gasteiger partial charge in [0.05, 0.1) is 24.6 Å². The Hall–Kier alpha value is -1.72. The number of pyridine rings is 1. The molecule has 2 fully saturated rings. The van der Waals surface area contributed by atoms with E-state index in [-0.39, 0.29) is 0 Å². The topological polar surface area (TPSA) is 43.2 Å². The Bertz CT molecular complexity index is 623. The molecule has 2 aromatic rings. The second-order valence-electron chi connectivity index (χ2n) is 6.70. The van der Waals surface area contributed by atoms with Gasteiger partial charge >= 0.3 is 0 Å². The van der Waals surface area contributed by atoms with Crippen LogP contribution < -0.4 is 0 Å². The first-order valence-corrected chi connectivity index (χ1v) is 8.63. The number of nitrogens with zero attached hydrogens (tertiary/aromatic N) is 4. The van der Waals surface area contributed by atoms with E-state index in [2.05, 4.69) is 21.0 Å². The summed E-state index contributed by atoms with van der Waals surface area (Å²) in [5.41, 5.74) is 2.30. The van der Waals surface area contributed by atoms with E-state index in [1.807, 2.05) is 35.4 Å². The molecule has 3 heterocycles. The first-order chi connectivity index (χ1) is 11.4. The number of hydrogen-bond acceptors (Lipinski definition) is 4. The fourth-order valence-corrected chi connectivity index (χ4v) is 3.64. The lowest BCUT2D eigenvalue weighted by Gasteiger charge is -2.34. The number of ether oxygens (including phenoxy) is 1. The number of hydrogen-bond donors (Lipinski definition) is 0. The molecular weight excluding hydrogens is 288 g/mol. The van der Waals surface area contributed by atoms with E-state index in [1.54, 1.807) is 0 Å². The van der Waals surface area contributed by atoms with Crippen LogP contribution in [0.3, 0.4) is 0 Å². The third kappa shape index (κ3) is 3.31. The molecule has 4 rings (SSSR count). The Balaban J connectivity index is 1.48. The van der Waals surface area contributed by atoms with Gasteiger partial charge in [-0.15, -0.1) is 0 Å². The van der Waals surface area contributed by atoms with Crippen molar-refractivity contribution >= 4 is 0 Å².